The van der Waals surface area contributed by atoms with Gasteiger partial charge in [0, 0.05) is 44.8 Å². The van der Waals surface area contributed by atoms with Crippen molar-refractivity contribution in [3.63, 3.8) is 0 Å². The second-order valence-electron chi connectivity index (χ2n) is 7.27. The number of amides is 1. The fraction of sp³-hybridized carbons (Fsp3) is 0.526. The van der Waals surface area contributed by atoms with E-state index >= 15 is 0 Å². The molecule has 1 saturated carbocycles. The highest BCUT2D eigenvalue weighted by atomic mass is 16.2. The van der Waals surface area contributed by atoms with Crippen LogP contribution in [0.4, 0.5) is 0 Å². The zero-order chi connectivity index (χ0) is 18.3. The molecule has 1 N–H and O–H groups in total. The summed E-state index contributed by atoms with van der Waals surface area (Å²) in [4.78, 5) is 43.5. The Kier molecular flexibility index (Phi) is 4.40. The van der Waals surface area contributed by atoms with Gasteiger partial charge in [-0.05, 0) is 43.9 Å². The molecule has 4 rings (SSSR count). The van der Waals surface area contributed by atoms with Crippen LogP contribution in [0.1, 0.15) is 30.1 Å². The molecule has 1 aromatic heterocycles. The molecule has 0 spiro atoms. The van der Waals surface area contributed by atoms with Gasteiger partial charge in [-0.3, -0.25) is 19.3 Å². The van der Waals surface area contributed by atoms with E-state index in [-0.39, 0.29) is 5.91 Å². The number of H-pyrrole nitrogens is 1. The SMILES string of the molecule is CCn1c(=O)c(=O)[nH]c2cc(C(=O)N3CCN(CC4CC4)CC3)ccc21. The first-order valence-corrected chi connectivity index (χ1v) is 9.35. The Balaban J connectivity index is 1.54. The van der Waals surface area contributed by atoms with E-state index in [1.54, 1.807) is 18.2 Å². The fourth-order valence-corrected chi connectivity index (χ4v) is 3.71. The van der Waals surface area contributed by atoms with Crippen molar-refractivity contribution in [2.24, 2.45) is 5.92 Å². The number of benzene rings is 1. The molecule has 0 bridgehead atoms. The lowest BCUT2D eigenvalue weighted by atomic mass is 10.1. The first kappa shape index (κ1) is 17.0. The summed E-state index contributed by atoms with van der Waals surface area (Å²) < 4.78 is 1.43. The van der Waals surface area contributed by atoms with Crippen LogP contribution >= 0.6 is 0 Å². The zero-order valence-electron chi connectivity index (χ0n) is 15.0. The molecule has 1 aromatic carbocycles. The highest BCUT2D eigenvalue weighted by molar-refractivity contribution is 5.97. The van der Waals surface area contributed by atoms with E-state index < -0.39 is 11.1 Å². The lowest BCUT2D eigenvalue weighted by Crippen LogP contribution is -2.49. The van der Waals surface area contributed by atoms with E-state index in [2.05, 4.69) is 9.88 Å². The lowest BCUT2D eigenvalue weighted by Gasteiger charge is -2.34. The van der Waals surface area contributed by atoms with Gasteiger partial charge in [-0.25, -0.2) is 0 Å². The van der Waals surface area contributed by atoms with Crippen molar-refractivity contribution in [1.82, 2.24) is 19.4 Å². The van der Waals surface area contributed by atoms with Crippen LogP contribution in [0.25, 0.3) is 11.0 Å². The topological polar surface area (TPSA) is 78.4 Å². The Morgan fingerprint density at radius 1 is 1.15 bits per heavy atom. The van der Waals surface area contributed by atoms with Crippen molar-refractivity contribution < 1.29 is 4.79 Å². The Morgan fingerprint density at radius 2 is 1.88 bits per heavy atom. The maximum absolute atomic E-state index is 12.8. The molecule has 2 aromatic rings. The average Bonchev–Trinajstić information content (AvgIpc) is 3.46. The summed E-state index contributed by atoms with van der Waals surface area (Å²) in [5.74, 6) is 0.846. The van der Waals surface area contributed by atoms with Gasteiger partial charge in [0.05, 0.1) is 11.0 Å². The Hall–Kier alpha value is -2.41. The van der Waals surface area contributed by atoms with Gasteiger partial charge in [0.25, 0.3) is 5.91 Å². The van der Waals surface area contributed by atoms with Crippen LogP contribution in [0.3, 0.4) is 0 Å². The summed E-state index contributed by atoms with van der Waals surface area (Å²) in [5.41, 5.74) is 0.492. The van der Waals surface area contributed by atoms with Crippen LogP contribution < -0.4 is 11.1 Å². The number of hydrogen-bond acceptors (Lipinski definition) is 4. The van der Waals surface area contributed by atoms with Crippen LogP contribution in [-0.4, -0.2) is 58.0 Å². The monoisotopic (exact) mass is 356 g/mol. The highest BCUT2D eigenvalue weighted by Gasteiger charge is 2.28. The number of aromatic nitrogens is 2. The van der Waals surface area contributed by atoms with Crippen molar-refractivity contribution in [2.45, 2.75) is 26.3 Å². The number of carbonyl (C=O) groups excluding carboxylic acids is 1. The van der Waals surface area contributed by atoms with Gasteiger partial charge in [-0.2, -0.15) is 0 Å². The Labute approximate surface area is 151 Å². The van der Waals surface area contributed by atoms with E-state index in [4.69, 9.17) is 0 Å². The van der Waals surface area contributed by atoms with Gasteiger partial charge in [0.1, 0.15) is 0 Å². The van der Waals surface area contributed by atoms with Gasteiger partial charge < -0.3 is 14.5 Å². The summed E-state index contributed by atoms with van der Waals surface area (Å²) in [7, 11) is 0. The minimum Gasteiger partial charge on any atom is -0.336 e. The number of aryl methyl sites for hydroxylation is 1. The van der Waals surface area contributed by atoms with Crippen LogP contribution in [0, 0.1) is 5.92 Å². The minimum absolute atomic E-state index is 0.0203. The normalized spacial score (nSPS) is 18.4. The highest BCUT2D eigenvalue weighted by Crippen LogP contribution is 2.30. The number of fused-ring (bicyclic) bond motifs is 1. The molecular weight excluding hydrogens is 332 g/mol. The molecule has 7 nitrogen and oxygen atoms in total. The molecular formula is C19H24N4O3. The third kappa shape index (κ3) is 3.19. The maximum atomic E-state index is 12.8. The molecule has 1 aliphatic carbocycles. The predicted octanol–water partition coefficient (Wildman–Crippen LogP) is 0.877. The van der Waals surface area contributed by atoms with Gasteiger partial charge in [-0.1, -0.05) is 0 Å². The summed E-state index contributed by atoms with van der Waals surface area (Å²) in [5, 5.41) is 0. The molecule has 1 aliphatic heterocycles. The van der Waals surface area contributed by atoms with Crippen LogP contribution in [0.2, 0.25) is 0 Å². The lowest BCUT2D eigenvalue weighted by molar-refractivity contribution is 0.0632. The molecule has 138 valence electrons. The summed E-state index contributed by atoms with van der Waals surface area (Å²) in [6.45, 7) is 6.69. The number of piperazine rings is 1. The molecule has 1 saturated heterocycles. The third-order valence-corrected chi connectivity index (χ3v) is 5.41. The first-order valence-electron chi connectivity index (χ1n) is 9.35. The number of aromatic amines is 1. The quantitative estimate of drug-likeness (QED) is 0.825. The Morgan fingerprint density at radius 3 is 2.54 bits per heavy atom. The van der Waals surface area contributed by atoms with Crippen LogP contribution in [0.15, 0.2) is 27.8 Å². The third-order valence-electron chi connectivity index (χ3n) is 5.41. The predicted molar refractivity (Wildman–Crippen MR) is 99.6 cm³/mol. The fourth-order valence-electron chi connectivity index (χ4n) is 3.71. The number of nitrogens with one attached hydrogen (secondary N) is 1. The van der Waals surface area contributed by atoms with Gasteiger partial charge >= 0.3 is 11.1 Å². The van der Waals surface area contributed by atoms with E-state index in [0.717, 1.165) is 38.6 Å². The second-order valence-corrected chi connectivity index (χ2v) is 7.27. The molecule has 1 amide bonds. The van der Waals surface area contributed by atoms with Crippen molar-refractivity contribution in [3.8, 4) is 0 Å². The number of carbonyl (C=O) groups is 1. The smallest absolute Gasteiger partial charge is 0.316 e. The summed E-state index contributed by atoms with van der Waals surface area (Å²) in [6.07, 6.45) is 2.69. The number of hydrogen-bond donors (Lipinski definition) is 1. The molecule has 2 heterocycles. The van der Waals surface area contributed by atoms with E-state index in [0.29, 0.717) is 23.1 Å². The van der Waals surface area contributed by atoms with Gasteiger partial charge in [-0.15, -0.1) is 0 Å². The van der Waals surface area contributed by atoms with Crippen LogP contribution in [0.5, 0.6) is 0 Å². The summed E-state index contributed by atoms with van der Waals surface area (Å²) >= 11 is 0. The van der Waals surface area contributed by atoms with Gasteiger partial charge in [0.15, 0.2) is 0 Å². The zero-order valence-corrected chi connectivity index (χ0v) is 15.0. The number of rotatable bonds is 4. The molecule has 0 atom stereocenters. The number of nitrogens with zero attached hydrogens (tertiary/aromatic N) is 3. The van der Waals surface area contributed by atoms with Crippen molar-refractivity contribution >= 4 is 16.9 Å². The molecule has 2 aliphatic rings. The molecule has 26 heavy (non-hydrogen) atoms. The molecule has 0 unspecified atom stereocenters. The standard InChI is InChI=1S/C19H24N4O3/c1-2-23-16-6-5-14(11-15(16)20-17(24)19(23)26)18(25)22-9-7-21(8-10-22)12-13-3-4-13/h5-6,11,13H,2-4,7-10,12H2,1H3,(H,20,24). The summed E-state index contributed by atoms with van der Waals surface area (Å²) in [6, 6.07) is 5.17. The van der Waals surface area contributed by atoms with Crippen LogP contribution in [-0.2, 0) is 6.54 Å². The van der Waals surface area contributed by atoms with Gasteiger partial charge in [0.2, 0.25) is 0 Å². The van der Waals surface area contributed by atoms with E-state index in [1.807, 2.05) is 11.8 Å². The molecule has 2 fully saturated rings. The molecule has 0 radical (unpaired) electrons. The first-order chi connectivity index (χ1) is 12.6. The second kappa shape index (κ2) is 6.72. The van der Waals surface area contributed by atoms with Crippen molar-refractivity contribution in [1.29, 1.82) is 0 Å². The Bertz CT molecular complexity index is 949. The van der Waals surface area contributed by atoms with E-state index in [9.17, 15) is 14.4 Å². The average molecular weight is 356 g/mol. The largest absolute Gasteiger partial charge is 0.336 e. The van der Waals surface area contributed by atoms with E-state index in [1.165, 1.54) is 17.4 Å². The minimum atomic E-state index is -0.655. The maximum Gasteiger partial charge on any atom is 0.316 e. The van der Waals surface area contributed by atoms with Crippen molar-refractivity contribution in [3.05, 3.63) is 44.5 Å². The van der Waals surface area contributed by atoms with Crippen molar-refractivity contribution in [2.75, 3.05) is 32.7 Å². The molecule has 7 heteroatoms.